The molecule has 1 aliphatic rings. The molecule has 5 nitrogen and oxygen atoms in total. The maximum absolute atomic E-state index is 15.3. The molecule has 0 amide bonds. The predicted molar refractivity (Wildman–Crippen MR) is 135 cm³/mol. The Morgan fingerprint density at radius 1 is 0.941 bits per heavy atom. The summed E-state index contributed by atoms with van der Waals surface area (Å²) in [6.07, 6.45) is 7.46. The third-order valence-electron chi connectivity index (χ3n) is 6.61. The molecule has 0 unspecified atom stereocenters. The lowest BCUT2D eigenvalue weighted by Gasteiger charge is -2.24. The summed E-state index contributed by atoms with van der Waals surface area (Å²) in [4.78, 5) is 15.3. The number of aromatic nitrogens is 1. The second-order valence-corrected chi connectivity index (χ2v) is 11.3. The number of hydrogen-bond donors (Lipinski definition) is 0. The van der Waals surface area contributed by atoms with E-state index in [1.165, 1.54) is 12.3 Å². The number of hydrogen-bond acceptors (Lipinski definition) is 4. The van der Waals surface area contributed by atoms with Crippen LogP contribution in [0.1, 0.15) is 56.6 Å². The van der Waals surface area contributed by atoms with Crippen LogP contribution in [-0.2, 0) is 16.4 Å². The molecule has 0 saturated carbocycles. The van der Waals surface area contributed by atoms with Crippen molar-refractivity contribution in [3.63, 3.8) is 0 Å². The van der Waals surface area contributed by atoms with Gasteiger partial charge in [0.25, 0.3) is 0 Å². The van der Waals surface area contributed by atoms with E-state index in [1.54, 1.807) is 18.2 Å². The van der Waals surface area contributed by atoms with Crippen molar-refractivity contribution in [3.8, 4) is 0 Å². The number of unbranched alkanes of at least 4 members (excludes halogenated alkanes) is 1. The first-order valence-electron chi connectivity index (χ1n) is 12.2. The number of aryl methyl sites for hydroxylation is 3. The highest BCUT2D eigenvalue weighted by atomic mass is 32.2. The third kappa shape index (κ3) is 4.76. The van der Waals surface area contributed by atoms with E-state index < -0.39 is 21.1 Å². The van der Waals surface area contributed by atoms with Crippen LogP contribution in [0, 0.1) is 19.7 Å². The van der Waals surface area contributed by atoms with Crippen molar-refractivity contribution in [3.05, 3.63) is 63.7 Å². The number of rotatable bonds is 6. The van der Waals surface area contributed by atoms with E-state index >= 15 is 4.39 Å². The first kappa shape index (κ1) is 24.5. The van der Waals surface area contributed by atoms with Crippen molar-refractivity contribution >= 4 is 26.4 Å². The number of anilines is 1. The van der Waals surface area contributed by atoms with Crippen LogP contribution in [0.25, 0.3) is 10.9 Å². The van der Waals surface area contributed by atoms with Crippen LogP contribution >= 0.6 is 0 Å². The average molecular weight is 485 g/mol. The summed E-state index contributed by atoms with van der Waals surface area (Å²) < 4.78 is 44.2. The molecular formula is C27H33FN2O3S. The zero-order valence-corrected chi connectivity index (χ0v) is 21.0. The largest absolute Gasteiger partial charge is 0.369 e. The van der Waals surface area contributed by atoms with Gasteiger partial charge < -0.3 is 9.47 Å². The van der Waals surface area contributed by atoms with E-state index in [-0.39, 0.29) is 15.2 Å². The predicted octanol–water partition coefficient (Wildman–Crippen LogP) is 5.77. The normalized spacial score (nSPS) is 15.0. The Morgan fingerprint density at radius 2 is 1.59 bits per heavy atom. The van der Waals surface area contributed by atoms with Crippen molar-refractivity contribution < 1.29 is 12.8 Å². The molecule has 0 radical (unpaired) electrons. The number of pyridine rings is 1. The molecule has 0 spiro atoms. The highest BCUT2D eigenvalue weighted by Gasteiger charge is 2.26. The number of benzene rings is 2. The van der Waals surface area contributed by atoms with Crippen LogP contribution in [0.5, 0.6) is 0 Å². The SMILES string of the molecule is CCCCn1cc(S(=O)(=O)c2cc(C)cc(C)c2)c(=O)c2cc(F)c(N3CCCCCC3)cc21. The Hall–Kier alpha value is -2.67. The Bertz CT molecular complexity index is 1350. The Morgan fingerprint density at radius 3 is 2.21 bits per heavy atom. The fourth-order valence-corrected chi connectivity index (χ4v) is 6.40. The Labute approximate surface area is 201 Å². The molecule has 1 saturated heterocycles. The molecule has 182 valence electrons. The van der Waals surface area contributed by atoms with E-state index in [9.17, 15) is 13.2 Å². The number of nitrogens with zero attached hydrogens (tertiary/aromatic N) is 2. The van der Waals surface area contributed by atoms with Crippen LogP contribution in [0.2, 0.25) is 0 Å². The summed E-state index contributed by atoms with van der Waals surface area (Å²) in [5.74, 6) is -0.477. The third-order valence-corrected chi connectivity index (χ3v) is 8.34. The summed E-state index contributed by atoms with van der Waals surface area (Å²) in [6.45, 7) is 7.81. The van der Waals surface area contributed by atoms with E-state index in [0.717, 1.165) is 62.7 Å². The zero-order chi connectivity index (χ0) is 24.5. The molecule has 2 aromatic carbocycles. The zero-order valence-electron chi connectivity index (χ0n) is 20.2. The lowest BCUT2D eigenvalue weighted by atomic mass is 10.1. The molecule has 3 aromatic rings. The summed E-state index contributed by atoms with van der Waals surface area (Å²) in [6, 6.07) is 8.01. The molecule has 1 aromatic heterocycles. The molecule has 2 heterocycles. The second kappa shape index (κ2) is 9.90. The summed E-state index contributed by atoms with van der Waals surface area (Å²) >= 11 is 0. The maximum Gasteiger partial charge on any atom is 0.211 e. The van der Waals surface area contributed by atoms with E-state index in [4.69, 9.17) is 0 Å². The van der Waals surface area contributed by atoms with Gasteiger partial charge in [-0.05, 0) is 68.5 Å². The lowest BCUT2D eigenvalue weighted by molar-refractivity contribution is 0.590. The van der Waals surface area contributed by atoms with E-state index in [2.05, 4.69) is 11.8 Å². The van der Waals surface area contributed by atoms with Crippen molar-refractivity contribution in [2.75, 3.05) is 18.0 Å². The number of sulfone groups is 1. The first-order valence-corrected chi connectivity index (χ1v) is 13.7. The van der Waals surface area contributed by atoms with Crippen LogP contribution in [0.4, 0.5) is 10.1 Å². The van der Waals surface area contributed by atoms with Crippen LogP contribution in [0.3, 0.4) is 0 Å². The van der Waals surface area contributed by atoms with Gasteiger partial charge in [-0.25, -0.2) is 12.8 Å². The summed E-state index contributed by atoms with van der Waals surface area (Å²) in [5, 5.41) is 0.109. The van der Waals surface area contributed by atoms with Gasteiger partial charge in [0.1, 0.15) is 10.7 Å². The fraction of sp³-hybridized carbons (Fsp3) is 0.444. The molecule has 1 fully saturated rings. The summed E-state index contributed by atoms with van der Waals surface area (Å²) in [7, 11) is -4.07. The van der Waals surface area contributed by atoms with E-state index in [1.807, 2.05) is 24.5 Å². The van der Waals surface area contributed by atoms with Crippen molar-refractivity contribution in [2.45, 2.75) is 75.6 Å². The van der Waals surface area contributed by atoms with Gasteiger partial charge in [0.15, 0.2) is 0 Å². The van der Waals surface area contributed by atoms with Crippen LogP contribution in [0.15, 0.2) is 51.1 Å². The average Bonchev–Trinajstić information content (AvgIpc) is 3.07. The maximum atomic E-state index is 15.3. The molecule has 0 atom stereocenters. The van der Waals surface area contributed by atoms with Crippen LogP contribution in [-0.4, -0.2) is 26.1 Å². The van der Waals surface area contributed by atoms with Gasteiger partial charge in [-0.3, -0.25) is 4.79 Å². The van der Waals surface area contributed by atoms with Crippen LogP contribution < -0.4 is 10.3 Å². The summed E-state index contributed by atoms with van der Waals surface area (Å²) in [5.41, 5.74) is 2.03. The standard InChI is InChI=1S/C27H33FN2O3S/c1-4-5-10-30-18-26(34(32,33)21-14-19(2)13-20(3)15-21)27(31)22-16-23(28)25(17-24(22)30)29-11-8-6-7-9-12-29/h13-18H,4-12H2,1-3H3. The molecular weight excluding hydrogens is 451 g/mol. The minimum Gasteiger partial charge on any atom is -0.369 e. The Balaban J connectivity index is 1.93. The Kier molecular flexibility index (Phi) is 7.12. The highest BCUT2D eigenvalue weighted by Crippen LogP contribution is 2.29. The second-order valence-electron chi connectivity index (χ2n) is 9.42. The molecule has 0 aliphatic carbocycles. The van der Waals surface area contributed by atoms with E-state index in [0.29, 0.717) is 17.7 Å². The van der Waals surface area contributed by atoms with Crippen molar-refractivity contribution in [1.29, 1.82) is 0 Å². The smallest absolute Gasteiger partial charge is 0.211 e. The van der Waals surface area contributed by atoms with Crippen molar-refractivity contribution in [1.82, 2.24) is 4.57 Å². The van der Waals surface area contributed by atoms with Gasteiger partial charge >= 0.3 is 0 Å². The minimum absolute atomic E-state index is 0.0881. The van der Waals surface area contributed by atoms with Gasteiger partial charge in [-0.15, -0.1) is 0 Å². The van der Waals surface area contributed by atoms with Gasteiger partial charge in [0, 0.05) is 25.8 Å². The molecule has 7 heteroatoms. The van der Waals surface area contributed by atoms with Gasteiger partial charge in [-0.2, -0.15) is 0 Å². The topological polar surface area (TPSA) is 59.4 Å². The number of halogens is 1. The lowest BCUT2D eigenvalue weighted by Crippen LogP contribution is -2.26. The van der Waals surface area contributed by atoms with Gasteiger partial charge in [0.05, 0.1) is 21.5 Å². The number of fused-ring (bicyclic) bond motifs is 1. The molecule has 1 aliphatic heterocycles. The minimum atomic E-state index is -4.07. The quantitative estimate of drug-likeness (QED) is 0.446. The first-order chi connectivity index (χ1) is 16.2. The van der Waals surface area contributed by atoms with Crippen molar-refractivity contribution in [2.24, 2.45) is 0 Å². The molecule has 4 rings (SSSR count). The fourth-order valence-electron chi connectivity index (χ4n) is 4.85. The molecule has 34 heavy (non-hydrogen) atoms. The van der Waals surface area contributed by atoms with Gasteiger partial charge in [0.2, 0.25) is 15.3 Å². The van der Waals surface area contributed by atoms with Gasteiger partial charge in [-0.1, -0.05) is 32.3 Å². The monoisotopic (exact) mass is 484 g/mol. The highest BCUT2D eigenvalue weighted by molar-refractivity contribution is 7.91. The molecule has 0 N–H and O–H groups in total. The molecule has 0 bridgehead atoms.